The Labute approximate surface area is 153 Å². The van der Waals surface area contributed by atoms with Crippen molar-refractivity contribution in [2.45, 2.75) is 12.5 Å². The molecule has 3 heterocycles. The monoisotopic (exact) mass is 373 g/mol. The zero-order valence-corrected chi connectivity index (χ0v) is 15.4. The first-order valence-corrected chi connectivity index (χ1v) is 10.8. The van der Waals surface area contributed by atoms with Gasteiger partial charge in [0.05, 0.1) is 11.5 Å². The molecule has 1 aromatic carbocycles. The minimum Gasteiger partial charge on any atom is -0.351 e. The molecule has 1 amide bonds. The molecular formula is C19H23N3O3S. The number of rotatable bonds is 3. The van der Waals surface area contributed by atoms with Gasteiger partial charge in [-0.2, -0.15) is 0 Å². The van der Waals surface area contributed by atoms with Crippen molar-refractivity contribution < 1.29 is 13.2 Å². The van der Waals surface area contributed by atoms with Crippen molar-refractivity contribution in [2.75, 3.05) is 37.7 Å². The summed E-state index contributed by atoms with van der Waals surface area (Å²) >= 11 is 0. The van der Waals surface area contributed by atoms with Crippen LogP contribution in [0.5, 0.6) is 0 Å². The second-order valence-electron chi connectivity index (χ2n) is 7.04. The van der Waals surface area contributed by atoms with Crippen molar-refractivity contribution in [1.82, 2.24) is 14.8 Å². The molecule has 138 valence electrons. The van der Waals surface area contributed by atoms with Crippen LogP contribution in [0.3, 0.4) is 0 Å². The first kappa shape index (κ1) is 17.3. The van der Waals surface area contributed by atoms with Crippen LogP contribution in [0, 0.1) is 0 Å². The molecule has 1 unspecified atom stereocenters. The maximum Gasteiger partial charge on any atom is 0.270 e. The van der Waals surface area contributed by atoms with E-state index < -0.39 is 9.84 Å². The SMILES string of the molecule is O=C(c1ccc(-c2ccccc2)[nH]1)N1CCN(C2CCS(=O)(=O)C2)CC1. The van der Waals surface area contributed by atoms with Crippen LogP contribution >= 0.6 is 0 Å². The number of H-pyrrole nitrogens is 1. The zero-order chi connectivity index (χ0) is 18.1. The Kier molecular flexibility index (Phi) is 4.58. The van der Waals surface area contributed by atoms with Crippen LogP contribution in [0.2, 0.25) is 0 Å². The molecule has 1 atom stereocenters. The molecule has 0 spiro atoms. The normalized spacial score (nSPS) is 23.2. The summed E-state index contributed by atoms with van der Waals surface area (Å²) in [4.78, 5) is 20.0. The molecule has 2 fully saturated rings. The molecule has 26 heavy (non-hydrogen) atoms. The van der Waals surface area contributed by atoms with Gasteiger partial charge in [0.25, 0.3) is 5.91 Å². The van der Waals surface area contributed by atoms with Gasteiger partial charge in [-0.3, -0.25) is 9.69 Å². The van der Waals surface area contributed by atoms with Gasteiger partial charge in [0, 0.05) is 37.9 Å². The van der Waals surface area contributed by atoms with Crippen molar-refractivity contribution in [3.8, 4) is 11.3 Å². The van der Waals surface area contributed by atoms with E-state index in [9.17, 15) is 13.2 Å². The number of carbonyl (C=O) groups is 1. The average molecular weight is 373 g/mol. The topological polar surface area (TPSA) is 73.5 Å². The minimum atomic E-state index is -2.87. The van der Waals surface area contributed by atoms with Crippen LogP contribution in [0.4, 0.5) is 0 Å². The van der Waals surface area contributed by atoms with Gasteiger partial charge in [0.15, 0.2) is 9.84 Å². The Morgan fingerprint density at radius 3 is 2.38 bits per heavy atom. The highest BCUT2D eigenvalue weighted by atomic mass is 32.2. The first-order valence-electron chi connectivity index (χ1n) is 9.00. The Balaban J connectivity index is 1.38. The summed E-state index contributed by atoms with van der Waals surface area (Å²) in [5.41, 5.74) is 2.59. The van der Waals surface area contributed by atoms with E-state index in [0.29, 0.717) is 31.0 Å². The Morgan fingerprint density at radius 1 is 1.00 bits per heavy atom. The van der Waals surface area contributed by atoms with E-state index in [4.69, 9.17) is 0 Å². The van der Waals surface area contributed by atoms with Gasteiger partial charge in [-0.25, -0.2) is 8.42 Å². The Bertz CT molecular complexity index is 884. The average Bonchev–Trinajstić information content (AvgIpc) is 3.29. The highest BCUT2D eigenvalue weighted by Gasteiger charge is 2.34. The van der Waals surface area contributed by atoms with E-state index in [0.717, 1.165) is 24.3 Å². The number of aromatic nitrogens is 1. The number of carbonyl (C=O) groups excluding carboxylic acids is 1. The fourth-order valence-corrected chi connectivity index (χ4v) is 5.59. The van der Waals surface area contributed by atoms with Gasteiger partial charge < -0.3 is 9.88 Å². The lowest BCUT2D eigenvalue weighted by atomic mass is 10.2. The summed E-state index contributed by atoms with van der Waals surface area (Å²) in [6.07, 6.45) is 0.716. The smallest absolute Gasteiger partial charge is 0.270 e. The maximum atomic E-state index is 12.8. The summed E-state index contributed by atoms with van der Waals surface area (Å²) in [6.45, 7) is 2.74. The fraction of sp³-hybridized carbons (Fsp3) is 0.421. The quantitative estimate of drug-likeness (QED) is 0.887. The number of hydrogen-bond donors (Lipinski definition) is 1. The molecule has 2 aliphatic heterocycles. The van der Waals surface area contributed by atoms with Crippen molar-refractivity contribution in [1.29, 1.82) is 0 Å². The first-order chi connectivity index (χ1) is 12.5. The van der Waals surface area contributed by atoms with Gasteiger partial charge >= 0.3 is 0 Å². The third kappa shape index (κ3) is 3.54. The molecule has 0 bridgehead atoms. The number of sulfone groups is 1. The second-order valence-corrected chi connectivity index (χ2v) is 9.27. The van der Waals surface area contributed by atoms with Crippen LogP contribution in [-0.4, -0.2) is 72.8 Å². The highest BCUT2D eigenvalue weighted by Crippen LogP contribution is 2.21. The van der Waals surface area contributed by atoms with Crippen molar-refractivity contribution in [2.24, 2.45) is 0 Å². The predicted molar refractivity (Wildman–Crippen MR) is 101 cm³/mol. The van der Waals surface area contributed by atoms with Crippen LogP contribution in [-0.2, 0) is 9.84 Å². The highest BCUT2D eigenvalue weighted by molar-refractivity contribution is 7.91. The molecule has 0 aliphatic carbocycles. The summed E-state index contributed by atoms with van der Waals surface area (Å²) in [6, 6.07) is 13.8. The van der Waals surface area contributed by atoms with Gasteiger partial charge in [-0.15, -0.1) is 0 Å². The number of amides is 1. The Morgan fingerprint density at radius 2 is 1.73 bits per heavy atom. The molecule has 1 N–H and O–H groups in total. The molecule has 4 rings (SSSR count). The number of nitrogens with one attached hydrogen (secondary N) is 1. The van der Waals surface area contributed by atoms with Crippen LogP contribution < -0.4 is 0 Å². The lowest BCUT2D eigenvalue weighted by molar-refractivity contribution is 0.0583. The number of aromatic amines is 1. The van der Waals surface area contributed by atoms with Crippen molar-refractivity contribution in [3.05, 3.63) is 48.2 Å². The molecular weight excluding hydrogens is 350 g/mol. The van der Waals surface area contributed by atoms with Gasteiger partial charge in [-0.1, -0.05) is 30.3 Å². The van der Waals surface area contributed by atoms with Crippen LogP contribution in [0.1, 0.15) is 16.9 Å². The van der Waals surface area contributed by atoms with Crippen LogP contribution in [0.25, 0.3) is 11.3 Å². The van der Waals surface area contributed by atoms with Crippen LogP contribution in [0.15, 0.2) is 42.5 Å². The maximum absolute atomic E-state index is 12.8. The third-order valence-electron chi connectivity index (χ3n) is 5.33. The van der Waals surface area contributed by atoms with E-state index in [-0.39, 0.29) is 17.7 Å². The molecule has 7 heteroatoms. The van der Waals surface area contributed by atoms with Gasteiger partial charge in [-0.05, 0) is 24.1 Å². The molecule has 2 saturated heterocycles. The summed E-state index contributed by atoms with van der Waals surface area (Å²) < 4.78 is 23.3. The molecule has 0 radical (unpaired) electrons. The van der Waals surface area contributed by atoms with Gasteiger partial charge in [0.2, 0.25) is 0 Å². The number of hydrogen-bond acceptors (Lipinski definition) is 4. The van der Waals surface area contributed by atoms with E-state index in [1.807, 2.05) is 47.4 Å². The summed E-state index contributed by atoms with van der Waals surface area (Å²) in [5, 5.41) is 0. The molecule has 2 aliphatic rings. The van der Waals surface area contributed by atoms with E-state index >= 15 is 0 Å². The largest absolute Gasteiger partial charge is 0.351 e. The lowest BCUT2D eigenvalue weighted by Crippen LogP contribution is -2.52. The van der Waals surface area contributed by atoms with E-state index in [1.54, 1.807) is 0 Å². The molecule has 0 saturated carbocycles. The van der Waals surface area contributed by atoms with E-state index in [2.05, 4.69) is 9.88 Å². The summed E-state index contributed by atoms with van der Waals surface area (Å²) in [5.74, 6) is 0.561. The number of benzene rings is 1. The summed E-state index contributed by atoms with van der Waals surface area (Å²) in [7, 11) is -2.87. The fourth-order valence-electron chi connectivity index (χ4n) is 3.83. The molecule has 6 nitrogen and oxygen atoms in total. The molecule has 1 aromatic heterocycles. The second kappa shape index (κ2) is 6.89. The number of nitrogens with zero attached hydrogens (tertiary/aromatic N) is 2. The number of piperazine rings is 1. The third-order valence-corrected chi connectivity index (χ3v) is 7.08. The van der Waals surface area contributed by atoms with Crippen molar-refractivity contribution in [3.63, 3.8) is 0 Å². The van der Waals surface area contributed by atoms with Gasteiger partial charge in [0.1, 0.15) is 5.69 Å². The zero-order valence-electron chi connectivity index (χ0n) is 14.6. The molecule has 2 aromatic rings. The minimum absolute atomic E-state index is 0.00544. The lowest BCUT2D eigenvalue weighted by Gasteiger charge is -2.37. The standard InChI is InChI=1S/C19H23N3O3S/c23-19(18-7-6-17(20-18)15-4-2-1-3-5-15)22-11-9-21(10-12-22)16-8-13-26(24,25)14-16/h1-7,16,20H,8-14H2. The van der Waals surface area contributed by atoms with Crippen molar-refractivity contribution >= 4 is 15.7 Å². The van der Waals surface area contributed by atoms with E-state index in [1.165, 1.54) is 0 Å². The Hall–Kier alpha value is -2.12. The predicted octanol–water partition coefficient (Wildman–Crippen LogP) is 1.63.